The first-order valence-electron chi connectivity index (χ1n) is 12.5. The van der Waals surface area contributed by atoms with Crippen LogP contribution in [-0.2, 0) is 4.74 Å². The molecule has 0 saturated carbocycles. The largest absolute Gasteiger partial charge is 0.378 e. The zero-order chi connectivity index (χ0) is 24.1. The zero-order valence-electron chi connectivity index (χ0n) is 20.8. The van der Waals surface area contributed by atoms with E-state index in [9.17, 15) is 0 Å². The number of nitrogens with one attached hydrogen (secondary N) is 2. The van der Waals surface area contributed by atoms with Gasteiger partial charge in [-0.3, -0.25) is 4.90 Å². The third-order valence-electron chi connectivity index (χ3n) is 7.25. The molecule has 10 nitrogen and oxygen atoms in total. The summed E-state index contributed by atoms with van der Waals surface area (Å²) in [7, 11) is 1.90. The first-order valence-corrected chi connectivity index (χ1v) is 12.5. The van der Waals surface area contributed by atoms with E-state index in [-0.39, 0.29) is 6.04 Å². The molecule has 6 heterocycles. The molecule has 6 rings (SSSR count). The molecule has 2 saturated heterocycles. The molecule has 35 heavy (non-hydrogen) atoms. The molecule has 0 atom stereocenters. The molecule has 0 amide bonds. The van der Waals surface area contributed by atoms with Gasteiger partial charge >= 0.3 is 0 Å². The van der Waals surface area contributed by atoms with Crippen LogP contribution in [0.2, 0.25) is 0 Å². The van der Waals surface area contributed by atoms with E-state index in [1.54, 1.807) is 0 Å². The van der Waals surface area contributed by atoms with Crippen LogP contribution in [0.1, 0.15) is 38.6 Å². The molecule has 0 aromatic carbocycles. The fourth-order valence-electron chi connectivity index (χ4n) is 5.35. The molecule has 2 aliphatic rings. The maximum atomic E-state index is 5.35. The number of ether oxygens (including phenoxy) is 1. The Bertz CT molecular complexity index is 1360. The van der Waals surface area contributed by atoms with Gasteiger partial charge in [0.2, 0.25) is 5.95 Å². The Hall–Kier alpha value is -3.24. The van der Waals surface area contributed by atoms with Crippen molar-refractivity contribution < 1.29 is 4.74 Å². The number of anilines is 2. The van der Waals surface area contributed by atoms with Gasteiger partial charge in [-0.1, -0.05) is 0 Å². The monoisotopic (exact) mass is 475 g/mol. The average Bonchev–Trinajstić information content (AvgIpc) is 3.38. The highest BCUT2D eigenvalue weighted by Gasteiger charge is 2.30. The normalized spacial score (nSPS) is 18.0. The molecule has 2 fully saturated rings. The van der Waals surface area contributed by atoms with Crippen molar-refractivity contribution in [3.05, 3.63) is 30.2 Å². The van der Waals surface area contributed by atoms with Crippen LogP contribution in [0.5, 0.6) is 0 Å². The van der Waals surface area contributed by atoms with Crippen molar-refractivity contribution in [1.82, 2.24) is 34.0 Å². The molecule has 184 valence electrons. The van der Waals surface area contributed by atoms with Gasteiger partial charge in [-0.2, -0.15) is 4.98 Å². The Balaban J connectivity index is 1.29. The molecule has 4 aromatic heterocycles. The van der Waals surface area contributed by atoms with Gasteiger partial charge < -0.3 is 19.9 Å². The van der Waals surface area contributed by atoms with E-state index in [1.165, 1.54) is 0 Å². The topological polar surface area (TPSA) is 97.4 Å². The molecular formula is C25H33N9O. The molecule has 0 spiro atoms. The van der Waals surface area contributed by atoms with Gasteiger partial charge in [0.15, 0.2) is 11.5 Å². The smallest absolute Gasteiger partial charge is 0.243 e. The lowest BCUT2D eigenvalue weighted by Crippen LogP contribution is -2.53. The summed E-state index contributed by atoms with van der Waals surface area (Å²) in [6.45, 7) is 10.3. The number of hydrogen-bond donors (Lipinski definition) is 2. The van der Waals surface area contributed by atoms with Crippen molar-refractivity contribution in [3.8, 4) is 11.3 Å². The van der Waals surface area contributed by atoms with Crippen LogP contribution < -0.4 is 10.6 Å². The van der Waals surface area contributed by atoms with Gasteiger partial charge in [-0.25, -0.2) is 14.5 Å². The first kappa shape index (κ1) is 22.2. The standard InChI is InChI=1S/C25H33N9O/c1-15(2)34-16(3)27-21-6-5-20(29-24(21)34)19-9-12-33-22(19)23(26-4)30-25(31-33)28-17-7-10-32(11-8-17)18-13-35-14-18/h5-6,9,12,15,17-18H,7-8,10-11,13-14H2,1-4H3,(H2,26,28,30,31). The van der Waals surface area contributed by atoms with Gasteiger partial charge in [0, 0.05) is 44.0 Å². The number of aromatic nitrogens is 6. The van der Waals surface area contributed by atoms with Crippen molar-refractivity contribution in [2.24, 2.45) is 0 Å². The van der Waals surface area contributed by atoms with Crippen molar-refractivity contribution in [2.45, 2.75) is 51.7 Å². The summed E-state index contributed by atoms with van der Waals surface area (Å²) in [6, 6.07) is 7.39. The van der Waals surface area contributed by atoms with E-state index in [4.69, 9.17) is 19.8 Å². The second-order valence-electron chi connectivity index (χ2n) is 9.86. The quantitative estimate of drug-likeness (QED) is 0.438. The summed E-state index contributed by atoms with van der Waals surface area (Å²) in [5, 5.41) is 11.6. The second-order valence-corrected chi connectivity index (χ2v) is 9.86. The first-order chi connectivity index (χ1) is 17.0. The minimum Gasteiger partial charge on any atom is -0.378 e. The molecule has 0 aliphatic carbocycles. The van der Waals surface area contributed by atoms with Crippen molar-refractivity contribution in [1.29, 1.82) is 0 Å². The van der Waals surface area contributed by atoms with Crippen LogP contribution in [0.3, 0.4) is 0 Å². The number of piperidine rings is 1. The van der Waals surface area contributed by atoms with E-state index in [2.05, 4.69) is 45.0 Å². The van der Waals surface area contributed by atoms with Crippen molar-refractivity contribution >= 4 is 28.4 Å². The number of aryl methyl sites for hydroxylation is 1. The van der Waals surface area contributed by atoms with Gasteiger partial charge in [0.05, 0.1) is 24.9 Å². The maximum absolute atomic E-state index is 5.35. The third-order valence-corrected chi connectivity index (χ3v) is 7.25. The Morgan fingerprint density at radius 3 is 2.54 bits per heavy atom. The zero-order valence-corrected chi connectivity index (χ0v) is 20.8. The summed E-state index contributed by atoms with van der Waals surface area (Å²) >= 11 is 0. The lowest BCUT2D eigenvalue weighted by Gasteiger charge is -2.41. The average molecular weight is 476 g/mol. The Morgan fingerprint density at radius 2 is 1.86 bits per heavy atom. The van der Waals surface area contributed by atoms with Gasteiger partial charge in [0.1, 0.15) is 16.9 Å². The van der Waals surface area contributed by atoms with Gasteiger partial charge in [0.25, 0.3) is 0 Å². The van der Waals surface area contributed by atoms with Crippen molar-refractivity contribution in [3.63, 3.8) is 0 Å². The molecule has 2 N–H and O–H groups in total. The van der Waals surface area contributed by atoms with Crippen LogP contribution in [-0.4, -0.2) is 79.5 Å². The summed E-state index contributed by atoms with van der Waals surface area (Å²) in [6.07, 6.45) is 4.14. The Labute approximate surface area is 204 Å². The summed E-state index contributed by atoms with van der Waals surface area (Å²) in [5.74, 6) is 2.40. The fraction of sp³-hybridized carbons (Fsp3) is 0.520. The summed E-state index contributed by atoms with van der Waals surface area (Å²) in [4.78, 5) is 17.1. The lowest BCUT2D eigenvalue weighted by atomic mass is 10.0. The number of hydrogen-bond acceptors (Lipinski definition) is 8. The maximum Gasteiger partial charge on any atom is 0.243 e. The van der Waals surface area contributed by atoms with E-state index < -0.39 is 0 Å². The van der Waals surface area contributed by atoms with Crippen LogP contribution in [0.25, 0.3) is 27.9 Å². The Morgan fingerprint density at radius 1 is 1.06 bits per heavy atom. The van der Waals surface area contributed by atoms with E-state index in [0.29, 0.717) is 18.0 Å². The number of pyridine rings is 1. The minimum atomic E-state index is 0.285. The highest BCUT2D eigenvalue weighted by Crippen LogP contribution is 2.31. The SMILES string of the molecule is CNc1nc(NC2CCN(C3COC3)CC2)nn2ccc(-c3ccc4nc(C)n(C(C)C)c4n3)c12. The van der Waals surface area contributed by atoms with Gasteiger partial charge in [-0.05, 0) is 51.8 Å². The van der Waals surface area contributed by atoms with E-state index in [0.717, 1.165) is 78.7 Å². The number of fused-ring (bicyclic) bond motifs is 2. The molecule has 0 bridgehead atoms. The van der Waals surface area contributed by atoms with E-state index in [1.807, 2.05) is 36.8 Å². The predicted molar refractivity (Wildman–Crippen MR) is 137 cm³/mol. The highest BCUT2D eigenvalue weighted by molar-refractivity contribution is 5.89. The molecule has 0 radical (unpaired) electrons. The highest BCUT2D eigenvalue weighted by atomic mass is 16.5. The summed E-state index contributed by atoms with van der Waals surface area (Å²) in [5.41, 5.74) is 4.61. The molecule has 2 aliphatic heterocycles. The summed E-state index contributed by atoms with van der Waals surface area (Å²) < 4.78 is 9.43. The van der Waals surface area contributed by atoms with Crippen LogP contribution in [0, 0.1) is 6.92 Å². The van der Waals surface area contributed by atoms with E-state index >= 15 is 0 Å². The lowest BCUT2D eigenvalue weighted by molar-refractivity contribution is -0.0705. The number of rotatable bonds is 6. The van der Waals surface area contributed by atoms with Crippen LogP contribution in [0.4, 0.5) is 11.8 Å². The molecule has 4 aromatic rings. The Kier molecular flexibility index (Phi) is 5.57. The second kappa shape index (κ2) is 8.76. The third kappa shape index (κ3) is 3.90. The number of imidazole rings is 1. The van der Waals surface area contributed by atoms with Crippen LogP contribution >= 0.6 is 0 Å². The van der Waals surface area contributed by atoms with Crippen molar-refractivity contribution in [2.75, 3.05) is 44.0 Å². The van der Waals surface area contributed by atoms with Gasteiger partial charge in [-0.15, -0.1) is 5.10 Å². The number of nitrogens with zero attached hydrogens (tertiary/aromatic N) is 7. The van der Waals surface area contributed by atoms with Crippen LogP contribution in [0.15, 0.2) is 24.4 Å². The number of likely N-dealkylation sites (tertiary alicyclic amines) is 1. The minimum absolute atomic E-state index is 0.285. The molecular weight excluding hydrogens is 442 g/mol. The fourth-order valence-corrected chi connectivity index (χ4v) is 5.35. The molecule has 10 heteroatoms. The predicted octanol–water partition coefficient (Wildman–Crippen LogP) is 3.35. The molecule has 0 unspecified atom stereocenters.